The first-order chi connectivity index (χ1) is 9.69. The highest BCUT2D eigenvalue weighted by molar-refractivity contribution is 7.15. The zero-order chi connectivity index (χ0) is 14.1. The molecule has 1 atom stereocenters. The molecule has 0 aliphatic heterocycles. The van der Waals surface area contributed by atoms with E-state index in [0.717, 1.165) is 29.1 Å². The second-order valence-corrected chi connectivity index (χ2v) is 6.12. The monoisotopic (exact) mass is 287 g/mol. The fourth-order valence-electron chi connectivity index (χ4n) is 2.52. The molecule has 0 bridgehead atoms. The quantitative estimate of drug-likeness (QED) is 0.808. The topological polar surface area (TPSA) is 39.2 Å². The third-order valence-electron chi connectivity index (χ3n) is 3.59. The van der Waals surface area contributed by atoms with Gasteiger partial charge in [0.2, 0.25) is 0 Å². The number of hydrogen-bond acceptors (Lipinski definition) is 4. The smallest absolute Gasteiger partial charge is 0.315 e. The van der Waals surface area contributed by atoms with Crippen LogP contribution in [0.3, 0.4) is 0 Å². The number of thiazole rings is 1. The third-order valence-corrected chi connectivity index (χ3v) is 4.77. The number of nitrogens with zero attached hydrogens (tertiary/aromatic N) is 1. The number of fused-ring (bicyclic) bond motifs is 1. The first-order valence-corrected chi connectivity index (χ1v) is 7.74. The molecule has 1 aliphatic rings. The molecular formula is C16H17NO2S. The van der Waals surface area contributed by atoms with Crippen LogP contribution in [0.2, 0.25) is 0 Å². The number of carbonyl (C=O) groups is 1. The Morgan fingerprint density at radius 1 is 1.40 bits per heavy atom. The molecule has 1 aromatic carbocycles. The van der Waals surface area contributed by atoms with Gasteiger partial charge in [-0.05, 0) is 26.7 Å². The van der Waals surface area contributed by atoms with Crippen molar-refractivity contribution in [1.29, 1.82) is 0 Å². The summed E-state index contributed by atoms with van der Waals surface area (Å²) in [6.07, 6.45) is 1.77. The van der Waals surface area contributed by atoms with Gasteiger partial charge in [-0.15, -0.1) is 11.3 Å². The van der Waals surface area contributed by atoms with E-state index in [1.165, 1.54) is 10.4 Å². The first kappa shape index (κ1) is 13.3. The zero-order valence-electron chi connectivity index (χ0n) is 11.7. The van der Waals surface area contributed by atoms with Gasteiger partial charge in [0.25, 0.3) is 0 Å². The van der Waals surface area contributed by atoms with Crippen molar-refractivity contribution in [2.45, 2.75) is 32.6 Å². The molecule has 104 valence electrons. The number of esters is 1. The van der Waals surface area contributed by atoms with Crippen LogP contribution in [0, 0.1) is 6.92 Å². The average Bonchev–Trinajstić information content (AvgIpc) is 2.99. The Morgan fingerprint density at radius 2 is 2.15 bits per heavy atom. The molecule has 0 saturated heterocycles. The second kappa shape index (κ2) is 5.37. The lowest BCUT2D eigenvalue weighted by atomic mass is 10.1. The van der Waals surface area contributed by atoms with Crippen molar-refractivity contribution >= 4 is 17.3 Å². The molecule has 20 heavy (non-hydrogen) atoms. The van der Waals surface area contributed by atoms with Gasteiger partial charge in [0.15, 0.2) is 0 Å². The van der Waals surface area contributed by atoms with E-state index in [0.29, 0.717) is 6.61 Å². The Bertz CT molecular complexity index is 630. The predicted molar refractivity (Wildman–Crippen MR) is 80.0 cm³/mol. The molecular weight excluding hydrogens is 270 g/mol. The van der Waals surface area contributed by atoms with Crippen molar-refractivity contribution in [3.63, 3.8) is 0 Å². The van der Waals surface area contributed by atoms with Crippen molar-refractivity contribution in [2.24, 2.45) is 0 Å². The summed E-state index contributed by atoms with van der Waals surface area (Å²) in [5, 5.41) is 1.00. The molecule has 4 heteroatoms. The molecule has 0 fully saturated rings. The minimum atomic E-state index is -0.166. The Labute approximate surface area is 122 Å². The van der Waals surface area contributed by atoms with Gasteiger partial charge in [0.1, 0.15) is 10.9 Å². The van der Waals surface area contributed by atoms with Crippen LogP contribution in [-0.2, 0) is 16.0 Å². The number of ether oxygens (including phenoxy) is 1. The Kier molecular flexibility index (Phi) is 3.57. The maximum atomic E-state index is 11.9. The van der Waals surface area contributed by atoms with Crippen molar-refractivity contribution in [1.82, 2.24) is 4.98 Å². The van der Waals surface area contributed by atoms with Crippen LogP contribution < -0.4 is 0 Å². The average molecular weight is 287 g/mol. The molecule has 3 rings (SSSR count). The summed E-state index contributed by atoms with van der Waals surface area (Å²) in [7, 11) is 0. The molecule has 0 saturated carbocycles. The molecule has 1 unspecified atom stereocenters. The van der Waals surface area contributed by atoms with Crippen molar-refractivity contribution < 1.29 is 9.53 Å². The zero-order valence-corrected chi connectivity index (χ0v) is 12.5. The highest BCUT2D eigenvalue weighted by Gasteiger charge is 2.33. The van der Waals surface area contributed by atoms with E-state index in [9.17, 15) is 4.79 Å². The lowest BCUT2D eigenvalue weighted by Crippen LogP contribution is -2.14. The van der Waals surface area contributed by atoms with Crippen LogP contribution in [0.15, 0.2) is 24.3 Å². The highest BCUT2D eigenvalue weighted by atomic mass is 32.1. The number of benzene rings is 1. The normalized spacial score (nSPS) is 17.0. The number of aromatic nitrogens is 1. The lowest BCUT2D eigenvalue weighted by Gasteiger charge is -2.07. The Hall–Kier alpha value is -1.68. The summed E-state index contributed by atoms with van der Waals surface area (Å²) in [6, 6.07) is 8.35. The largest absolute Gasteiger partial charge is 0.465 e. The van der Waals surface area contributed by atoms with Gasteiger partial charge in [-0.2, -0.15) is 0 Å². The van der Waals surface area contributed by atoms with Crippen LogP contribution >= 0.6 is 11.3 Å². The fourth-order valence-corrected chi connectivity index (χ4v) is 3.66. The molecule has 0 radical (unpaired) electrons. The SMILES string of the molecule is CCOC(=O)C1CCc2sc(-c3ccc(C)cc3)nc21. The maximum Gasteiger partial charge on any atom is 0.315 e. The lowest BCUT2D eigenvalue weighted by molar-refractivity contribution is -0.145. The standard InChI is InChI=1S/C16H17NO2S/c1-3-19-16(18)12-8-9-13-14(12)17-15(20-13)11-6-4-10(2)5-7-11/h4-7,12H,3,8-9H2,1-2H3. The Morgan fingerprint density at radius 3 is 2.85 bits per heavy atom. The van der Waals surface area contributed by atoms with E-state index in [-0.39, 0.29) is 11.9 Å². The van der Waals surface area contributed by atoms with Crippen LogP contribution in [0.25, 0.3) is 10.6 Å². The van der Waals surface area contributed by atoms with E-state index in [4.69, 9.17) is 9.72 Å². The summed E-state index contributed by atoms with van der Waals surface area (Å²) in [5.41, 5.74) is 3.30. The van der Waals surface area contributed by atoms with Crippen LogP contribution in [-0.4, -0.2) is 17.6 Å². The number of aryl methyl sites for hydroxylation is 2. The van der Waals surface area contributed by atoms with E-state index in [1.807, 2.05) is 6.92 Å². The summed E-state index contributed by atoms with van der Waals surface area (Å²) in [4.78, 5) is 17.9. The summed E-state index contributed by atoms with van der Waals surface area (Å²) < 4.78 is 5.14. The van der Waals surface area contributed by atoms with E-state index >= 15 is 0 Å². The molecule has 1 heterocycles. The minimum Gasteiger partial charge on any atom is -0.465 e. The predicted octanol–water partition coefficient (Wildman–Crippen LogP) is 3.71. The number of carbonyl (C=O) groups excluding carboxylic acids is 1. The van der Waals surface area contributed by atoms with E-state index < -0.39 is 0 Å². The van der Waals surface area contributed by atoms with Gasteiger partial charge in [0, 0.05) is 10.4 Å². The molecule has 0 amide bonds. The number of hydrogen-bond donors (Lipinski definition) is 0. The third kappa shape index (κ3) is 2.36. The molecule has 0 N–H and O–H groups in total. The minimum absolute atomic E-state index is 0.132. The summed E-state index contributed by atoms with van der Waals surface area (Å²) >= 11 is 1.70. The molecule has 2 aromatic rings. The van der Waals surface area contributed by atoms with Crippen LogP contribution in [0.4, 0.5) is 0 Å². The summed E-state index contributed by atoms with van der Waals surface area (Å²) in [6.45, 7) is 4.34. The Balaban J connectivity index is 1.90. The highest BCUT2D eigenvalue weighted by Crippen LogP contribution is 2.40. The van der Waals surface area contributed by atoms with Gasteiger partial charge in [-0.1, -0.05) is 29.8 Å². The molecule has 0 spiro atoms. The van der Waals surface area contributed by atoms with Crippen molar-refractivity contribution in [3.05, 3.63) is 40.4 Å². The van der Waals surface area contributed by atoms with Gasteiger partial charge in [-0.3, -0.25) is 4.79 Å². The van der Waals surface area contributed by atoms with Gasteiger partial charge < -0.3 is 4.74 Å². The van der Waals surface area contributed by atoms with E-state index in [2.05, 4.69) is 31.2 Å². The van der Waals surface area contributed by atoms with Crippen LogP contribution in [0.1, 0.15) is 35.4 Å². The van der Waals surface area contributed by atoms with Crippen molar-refractivity contribution in [3.8, 4) is 10.6 Å². The van der Waals surface area contributed by atoms with E-state index in [1.54, 1.807) is 11.3 Å². The maximum absolute atomic E-state index is 11.9. The summed E-state index contributed by atoms with van der Waals surface area (Å²) in [5.74, 6) is -0.299. The molecule has 1 aliphatic carbocycles. The fraction of sp³-hybridized carbons (Fsp3) is 0.375. The van der Waals surface area contributed by atoms with Gasteiger partial charge in [-0.25, -0.2) is 4.98 Å². The second-order valence-electron chi connectivity index (χ2n) is 5.04. The van der Waals surface area contributed by atoms with Gasteiger partial charge >= 0.3 is 5.97 Å². The van der Waals surface area contributed by atoms with Crippen LogP contribution in [0.5, 0.6) is 0 Å². The van der Waals surface area contributed by atoms with Crippen molar-refractivity contribution in [2.75, 3.05) is 6.61 Å². The molecule has 3 nitrogen and oxygen atoms in total. The van der Waals surface area contributed by atoms with Gasteiger partial charge in [0.05, 0.1) is 12.3 Å². The molecule has 1 aromatic heterocycles. The number of rotatable bonds is 3. The first-order valence-electron chi connectivity index (χ1n) is 6.92.